The first-order chi connectivity index (χ1) is 12.8. The predicted molar refractivity (Wildman–Crippen MR) is 99.4 cm³/mol. The van der Waals surface area contributed by atoms with Gasteiger partial charge in [-0.15, -0.1) is 0 Å². The highest BCUT2D eigenvalue weighted by molar-refractivity contribution is 5.53. The van der Waals surface area contributed by atoms with Crippen LogP contribution in [0, 0.1) is 5.92 Å². The molecule has 0 bridgehead atoms. The van der Waals surface area contributed by atoms with Gasteiger partial charge in [0.15, 0.2) is 0 Å². The fraction of sp³-hybridized carbons (Fsp3) is 0.600. The van der Waals surface area contributed by atoms with E-state index in [1.165, 1.54) is 12.8 Å². The molecule has 0 radical (unpaired) electrons. The Kier molecular flexibility index (Phi) is 5.62. The summed E-state index contributed by atoms with van der Waals surface area (Å²) in [5.41, 5.74) is 0.991. The van der Waals surface area contributed by atoms with Crippen LogP contribution in [0.3, 0.4) is 0 Å². The molecule has 140 valence electrons. The van der Waals surface area contributed by atoms with Gasteiger partial charge in [0.25, 0.3) is 0 Å². The van der Waals surface area contributed by atoms with Crippen LogP contribution in [0.5, 0.6) is 0 Å². The topological polar surface area (TPSA) is 65.6 Å². The summed E-state index contributed by atoms with van der Waals surface area (Å²) in [5, 5.41) is 13.5. The van der Waals surface area contributed by atoms with Crippen LogP contribution in [0.15, 0.2) is 34.9 Å². The van der Waals surface area contributed by atoms with E-state index in [1.807, 2.05) is 30.3 Å². The third-order valence-corrected chi connectivity index (χ3v) is 5.76. The first kappa shape index (κ1) is 17.6. The van der Waals surface area contributed by atoms with Crippen molar-refractivity contribution >= 4 is 0 Å². The molecule has 1 N–H and O–H groups in total. The number of rotatable bonds is 5. The van der Waals surface area contributed by atoms with Gasteiger partial charge in [0.05, 0.1) is 6.54 Å². The highest BCUT2D eigenvalue weighted by Crippen LogP contribution is 2.24. The molecule has 0 unspecified atom stereocenters. The van der Waals surface area contributed by atoms with Crippen LogP contribution in [0.4, 0.5) is 0 Å². The monoisotopic (exact) mass is 356 g/mol. The van der Waals surface area contributed by atoms with Crippen molar-refractivity contribution in [3.8, 4) is 11.4 Å². The second kappa shape index (κ2) is 8.29. The van der Waals surface area contributed by atoms with Crippen LogP contribution in [-0.2, 0) is 6.54 Å². The smallest absolute Gasteiger partial charge is 0.241 e. The summed E-state index contributed by atoms with van der Waals surface area (Å²) in [6, 6.07) is 10.6. The first-order valence-electron chi connectivity index (χ1n) is 9.77. The number of aliphatic hydroxyl groups is 1. The molecule has 1 aromatic carbocycles. The Morgan fingerprint density at radius 1 is 1.08 bits per heavy atom. The average molecular weight is 356 g/mol. The third-order valence-electron chi connectivity index (χ3n) is 5.76. The lowest BCUT2D eigenvalue weighted by Crippen LogP contribution is -2.50. The predicted octanol–water partition coefficient (Wildman–Crippen LogP) is 2.41. The van der Waals surface area contributed by atoms with Gasteiger partial charge in [-0.3, -0.25) is 9.80 Å². The molecule has 26 heavy (non-hydrogen) atoms. The minimum atomic E-state index is 0.339. The quantitative estimate of drug-likeness (QED) is 0.887. The fourth-order valence-corrected chi connectivity index (χ4v) is 4.19. The van der Waals surface area contributed by atoms with E-state index in [2.05, 4.69) is 19.9 Å². The molecular formula is C20H28N4O2. The molecule has 2 aliphatic rings. The summed E-state index contributed by atoms with van der Waals surface area (Å²) in [4.78, 5) is 9.62. The number of piperidine rings is 2. The van der Waals surface area contributed by atoms with Gasteiger partial charge in [-0.25, -0.2) is 0 Å². The molecule has 6 nitrogen and oxygen atoms in total. The van der Waals surface area contributed by atoms with Crippen LogP contribution in [0.1, 0.15) is 31.6 Å². The summed E-state index contributed by atoms with van der Waals surface area (Å²) in [5.74, 6) is 1.87. The Labute approximate surface area is 154 Å². The van der Waals surface area contributed by atoms with E-state index in [4.69, 9.17) is 4.52 Å². The average Bonchev–Trinajstić information content (AvgIpc) is 3.17. The van der Waals surface area contributed by atoms with Crippen molar-refractivity contribution in [1.29, 1.82) is 0 Å². The standard InChI is InChI=1S/C20H28N4O2/c25-15-16-8-11-24(12-9-16)18-7-4-10-23(13-18)14-19-21-20(22-26-19)17-5-2-1-3-6-17/h1-3,5-6,16,18,25H,4,7-15H2/t18-/m1/s1. The first-order valence-corrected chi connectivity index (χ1v) is 9.77. The van der Waals surface area contributed by atoms with Crippen LogP contribution < -0.4 is 0 Å². The van der Waals surface area contributed by atoms with E-state index in [-0.39, 0.29) is 0 Å². The molecule has 1 aromatic heterocycles. The Balaban J connectivity index is 1.33. The molecule has 6 heteroatoms. The van der Waals surface area contributed by atoms with E-state index in [1.54, 1.807) is 0 Å². The zero-order valence-corrected chi connectivity index (χ0v) is 15.3. The van der Waals surface area contributed by atoms with Gasteiger partial charge >= 0.3 is 0 Å². The normalized spacial score (nSPS) is 23.3. The van der Waals surface area contributed by atoms with Gasteiger partial charge < -0.3 is 9.63 Å². The molecular weight excluding hydrogens is 328 g/mol. The van der Waals surface area contributed by atoms with Gasteiger partial charge in [-0.1, -0.05) is 35.5 Å². The zero-order chi connectivity index (χ0) is 17.8. The van der Waals surface area contributed by atoms with Crippen LogP contribution in [-0.4, -0.2) is 63.9 Å². The Hall–Kier alpha value is -1.76. The van der Waals surface area contributed by atoms with Crippen molar-refractivity contribution in [3.05, 3.63) is 36.2 Å². The maximum Gasteiger partial charge on any atom is 0.241 e. The number of benzene rings is 1. The number of likely N-dealkylation sites (tertiary alicyclic amines) is 2. The SMILES string of the molecule is OCC1CCN([C@@H]2CCCN(Cc3nc(-c4ccccc4)no3)C2)CC1. The number of nitrogens with zero attached hydrogens (tertiary/aromatic N) is 4. The molecule has 0 spiro atoms. The summed E-state index contributed by atoms with van der Waals surface area (Å²) in [6.07, 6.45) is 4.72. The maximum atomic E-state index is 9.33. The molecule has 0 aliphatic carbocycles. The van der Waals surface area contributed by atoms with Gasteiger partial charge in [0.2, 0.25) is 11.7 Å². The van der Waals surface area contributed by atoms with Crippen molar-refractivity contribution in [2.75, 3.05) is 32.8 Å². The highest BCUT2D eigenvalue weighted by Gasteiger charge is 2.29. The van der Waals surface area contributed by atoms with E-state index >= 15 is 0 Å². The molecule has 2 saturated heterocycles. The van der Waals surface area contributed by atoms with Crippen molar-refractivity contribution < 1.29 is 9.63 Å². The van der Waals surface area contributed by atoms with Crippen LogP contribution in [0.2, 0.25) is 0 Å². The number of hydrogen-bond acceptors (Lipinski definition) is 6. The molecule has 4 rings (SSSR count). The van der Waals surface area contributed by atoms with Gasteiger partial charge in [0.1, 0.15) is 0 Å². The Bertz CT molecular complexity index is 682. The van der Waals surface area contributed by atoms with Crippen molar-refractivity contribution in [1.82, 2.24) is 19.9 Å². The Morgan fingerprint density at radius 2 is 1.88 bits per heavy atom. The fourth-order valence-electron chi connectivity index (χ4n) is 4.19. The summed E-state index contributed by atoms with van der Waals surface area (Å²) >= 11 is 0. The lowest BCUT2D eigenvalue weighted by Gasteiger charge is -2.42. The largest absolute Gasteiger partial charge is 0.396 e. The lowest BCUT2D eigenvalue weighted by molar-refractivity contribution is 0.0511. The van der Waals surface area contributed by atoms with E-state index in [9.17, 15) is 5.11 Å². The van der Waals surface area contributed by atoms with Crippen molar-refractivity contribution in [2.45, 2.75) is 38.3 Å². The van der Waals surface area contributed by atoms with E-state index in [0.29, 0.717) is 30.3 Å². The third kappa shape index (κ3) is 4.14. The zero-order valence-electron chi connectivity index (χ0n) is 15.3. The van der Waals surface area contributed by atoms with Crippen LogP contribution >= 0.6 is 0 Å². The minimum Gasteiger partial charge on any atom is -0.396 e. The molecule has 1 atom stereocenters. The number of aliphatic hydroxyl groups excluding tert-OH is 1. The molecule has 0 saturated carbocycles. The summed E-state index contributed by atoms with van der Waals surface area (Å²) < 4.78 is 5.49. The molecule has 2 aliphatic heterocycles. The van der Waals surface area contributed by atoms with E-state index in [0.717, 1.165) is 51.1 Å². The number of hydrogen-bond donors (Lipinski definition) is 1. The van der Waals surface area contributed by atoms with Crippen molar-refractivity contribution in [2.24, 2.45) is 5.92 Å². The Morgan fingerprint density at radius 3 is 2.65 bits per heavy atom. The number of aromatic nitrogens is 2. The minimum absolute atomic E-state index is 0.339. The van der Waals surface area contributed by atoms with Crippen molar-refractivity contribution in [3.63, 3.8) is 0 Å². The second-order valence-corrected chi connectivity index (χ2v) is 7.57. The summed E-state index contributed by atoms with van der Waals surface area (Å²) in [6.45, 7) is 5.44. The molecule has 3 heterocycles. The van der Waals surface area contributed by atoms with Gasteiger partial charge in [-0.05, 0) is 51.2 Å². The maximum absolute atomic E-state index is 9.33. The highest BCUT2D eigenvalue weighted by atomic mass is 16.5. The van der Waals surface area contributed by atoms with Gasteiger partial charge in [0, 0.05) is 24.8 Å². The molecule has 0 amide bonds. The lowest BCUT2D eigenvalue weighted by atomic mass is 9.94. The van der Waals surface area contributed by atoms with Crippen LogP contribution in [0.25, 0.3) is 11.4 Å². The molecule has 2 aromatic rings. The van der Waals surface area contributed by atoms with Gasteiger partial charge in [-0.2, -0.15) is 4.98 Å². The molecule has 2 fully saturated rings. The van der Waals surface area contributed by atoms with E-state index < -0.39 is 0 Å². The summed E-state index contributed by atoms with van der Waals surface area (Å²) in [7, 11) is 0. The second-order valence-electron chi connectivity index (χ2n) is 7.57.